The molecule has 2 rings (SSSR count). The van der Waals surface area contributed by atoms with Gasteiger partial charge < -0.3 is 0 Å². The molecule has 1 nitrogen and oxygen atoms in total. The van der Waals surface area contributed by atoms with Gasteiger partial charge in [0.1, 0.15) is 0 Å². The van der Waals surface area contributed by atoms with E-state index in [9.17, 15) is 0 Å². The number of rotatable bonds is 5. The predicted octanol–water partition coefficient (Wildman–Crippen LogP) is 5.44. The molecule has 0 fully saturated rings. The predicted molar refractivity (Wildman–Crippen MR) is 78.8 cm³/mol. The minimum atomic E-state index is -1.77. The van der Waals surface area contributed by atoms with Crippen LogP contribution in [0.3, 0.4) is 0 Å². The van der Waals surface area contributed by atoms with Gasteiger partial charge in [0.15, 0.2) is 0 Å². The molecule has 0 spiro atoms. The van der Waals surface area contributed by atoms with Crippen LogP contribution in [0.2, 0.25) is 4.13 Å². The number of allylic oxidation sites excluding steroid dienone is 8. The molecule has 0 unspecified atom stereocenters. The van der Waals surface area contributed by atoms with Gasteiger partial charge in [0.05, 0.1) is 0 Å². The molecule has 3 heteroatoms. The molecule has 0 bridgehead atoms. The number of halogens is 1. The van der Waals surface area contributed by atoms with E-state index in [0.29, 0.717) is 6.61 Å². The van der Waals surface area contributed by atoms with E-state index in [0.717, 1.165) is 0 Å². The third-order valence-electron chi connectivity index (χ3n) is 4.47. The summed E-state index contributed by atoms with van der Waals surface area (Å²) in [4.78, 5) is 0. The van der Waals surface area contributed by atoms with Crippen molar-refractivity contribution in [2.24, 2.45) is 0 Å². The summed E-state index contributed by atoms with van der Waals surface area (Å²) in [5.74, 6) is 0. The Kier molecular flexibility index (Phi) is 5.46. The van der Waals surface area contributed by atoms with Crippen LogP contribution in [0.15, 0.2) is 41.0 Å². The zero-order valence-corrected chi connectivity index (χ0v) is 15.5. The monoisotopic (exact) mass is 355 g/mol. The van der Waals surface area contributed by atoms with Crippen molar-refractivity contribution in [3.05, 3.63) is 41.0 Å². The van der Waals surface area contributed by atoms with E-state index in [2.05, 4.69) is 39.8 Å². The molecule has 19 heavy (non-hydrogen) atoms. The normalized spacial score (nSPS) is 19.2. The molecule has 0 radical (unpaired) electrons. The Morgan fingerprint density at radius 2 is 1.47 bits per heavy atom. The topological polar surface area (TPSA) is 9.23 Å². The van der Waals surface area contributed by atoms with Gasteiger partial charge in [0.2, 0.25) is 0 Å². The van der Waals surface area contributed by atoms with E-state index in [4.69, 9.17) is 16.2 Å². The molecular formula is C16H22ClOZr. The van der Waals surface area contributed by atoms with E-state index in [-0.39, 0.29) is 0 Å². The van der Waals surface area contributed by atoms with Gasteiger partial charge in [-0.05, 0) is 0 Å². The maximum atomic E-state index is 5.46. The molecule has 0 aliphatic heterocycles. The van der Waals surface area contributed by atoms with Gasteiger partial charge in [-0.1, -0.05) is 0 Å². The van der Waals surface area contributed by atoms with Crippen molar-refractivity contribution in [2.45, 2.75) is 44.7 Å². The fourth-order valence-corrected chi connectivity index (χ4v) is 11.4. The molecular weight excluding hydrogens is 335 g/mol. The van der Waals surface area contributed by atoms with Crippen LogP contribution in [0.1, 0.15) is 40.5 Å². The maximum absolute atomic E-state index is 5.46. The Hall–Kier alpha value is 0.0931. The molecule has 0 heterocycles. The van der Waals surface area contributed by atoms with Crippen molar-refractivity contribution < 1.29 is 26.0 Å². The fraction of sp³-hybridized carbons (Fsp3) is 0.500. The van der Waals surface area contributed by atoms with E-state index >= 15 is 0 Å². The first-order valence-corrected chi connectivity index (χ1v) is 11.4. The van der Waals surface area contributed by atoms with Crippen LogP contribution >= 0.6 is 11.9 Å². The SMILES string of the molecule is CC1=CC[C]([Zr]([CH2]COCl)[C]2=C(C)C(C)=CC2)=C1C. The third-order valence-corrected chi connectivity index (χ3v) is 12.8. The van der Waals surface area contributed by atoms with Crippen molar-refractivity contribution in [2.75, 3.05) is 6.61 Å². The van der Waals surface area contributed by atoms with Gasteiger partial charge in [-0.25, -0.2) is 0 Å². The van der Waals surface area contributed by atoms with E-state index in [1.807, 2.05) is 0 Å². The van der Waals surface area contributed by atoms with Crippen molar-refractivity contribution in [1.29, 1.82) is 0 Å². The quantitative estimate of drug-likeness (QED) is 0.637. The van der Waals surface area contributed by atoms with Gasteiger partial charge in [-0.3, -0.25) is 0 Å². The Morgan fingerprint density at radius 3 is 1.79 bits per heavy atom. The molecule has 2 aliphatic carbocycles. The fourth-order valence-electron chi connectivity index (χ4n) is 2.92. The van der Waals surface area contributed by atoms with Crippen molar-refractivity contribution in [3.8, 4) is 0 Å². The average Bonchev–Trinajstić information content (AvgIpc) is 2.89. The van der Waals surface area contributed by atoms with Crippen LogP contribution in [-0.4, -0.2) is 6.61 Å². The Balaban J connectivity index is 2.29. The molecule has 0 atom stereocenters. The molecule has 0 aromatic rings. The van der Waals surface area contributed by atoms with Crippen LogP contribution < -0.4 is 0 Å². The van der Waals surface area contributed by atoms with Crippen LogP contribution in [0.4, 0.5) is 0 Å². The molecule has 0 aromatic carbocycles. The van der Waals surface area contributed by atoms with E-state index in [1.54, 1.807) is 17.7 Å². The van der Waals surface area contributed by atoms with Gasteiger partial charge in [0.25, 0.3) is 0 Å². The molecule has 0 saturated heterocycles. The third kappa shape index (κ3) is 3.23. The first-order chi connectivity index (χ1) is 9.06. The summed E-state index contributed by atoms with van der Waals surface area (Å²) in [5.41, 5.74) is 6.05. The number of hydrogen-bond acceptors (Lipinski definition) is 1. The first kappa shape index (κ1) is 15.5. The zero-order valence-electron chi connectivity index (χ0n) is 12.3. The zero-order chi connectivity index (χ0) is 14.0. The molecule has 103 valence electrons. The number of hydrogen-bond donors (Lipinski definition) is 0. The Labute approximate surface area is 129 Å². The van der Waals surface area contributed by atoms with Crippen LogP contribution in [0, 0.1) is 0 Å². The van der Waals surface area contributed by atoms with Crippen LogP contribution in [0.5, 0.6) is 0 Å². The van der Waals surface area contributed by atoms with E-state index in [1.165, 1.54) is 28.1 Å². The van der Waals surface area contributed by atoms with Gasteiger partial charge in [0, 0.05) is 0 Å². The second kappa shape index (κ2) is 6.70. The summed E-state index contributed by atoms with van der Waals surface area (Å²) in [6, 6.07) is 0. The Morgan fingerprint density at radius 1 is 1.00 bits per heavy atom. The molecule has 0 saturated carbocycles. The minimum absolute atomic E-state index is 0.696. The van der Waals surface area contributed by atoms with Gasteiger partial charge >= 0.3 is 130 Å². The molecule has 0 amide bonds. The second-order valence-corrected chi connectivity index (χ2v) is 12.2. The summed E-state index contributed by atoms with van der Waals surface area (Å²) >= 11 is 3.70. The summed E-state index contributed by atoms with van der Waals surface area (Å²) in [7, 11) is 0. The van der Waals surface area contributed by atoms with Gasteiger partial charge in [-0.2, -0.15) is 0 Å². The van der Waals surface area contributed by atoms with Crippen molar-refractivity contribution in [3.63, 3.8) is 0 Å². The van der Waals surface area contributed by atoms with Crippen LogP contribution in [-0.2, 0) is 26.0 Å². The molecule has 0 aromatic heterocycles. The van der Waals surface area contributed by atoms with Crippen molar-refractivity contribution in [1.82, 2.24) is 0 Å². The summed E-state index contributed by atoms with van der Waals surface area (Å²) in [6.45, 7) is 9.76. The van der Waals surface area contributed by atoms with Crippen LogP contribution in [0.25, 0.3) is 0 Å². The second-order valence-electron chi connectivity index (χ2n) is 5.43. The van der Waals surface area contributed by atoms with Gasteiger partial charge in [-0.15, -0.1) is 0 Å². The molecule has 2 aliphatic rings. The average molecular weight is 357 g/mol. The summed E-state index contributed by atoms with van der Waals surface area (Å²) in [5, 5.41) is 0. The van der Waals surface area contributed by atoms with Crippen molar-refractivity contribution >= 4 is 11.9 Å². The standard InChI is InChI=1S/2C7H9.C2H4ClO.Zr/c2*1-6-4-3-5-7(6)2;1-2-4-3;/h2*4H,3H2,1-2H3;1-2H2;. The van der Waals surface area contributed by atoms with E-state index < -0.39 is 21.8 Å². The molecule has 0 N–H and O–H groups in total. The summed E-state index contributed by atoms with van der Waals surface area (Å²) < 4.78 is 9.54. The summed E-state index contributed by atoms with van der Waals surface area (Å²) in [6.07, 6.45) is 7.12. The Bertz CT molecular complexity index is 455. The first-order valence-electron chi connectivity index (χ1n) is 6.90.